The number of aliphatic hydroxyl groups is 1. The fourth-order valence-electron chi connectivity index (χ4n) is 1.54. The minimum absolute atomic E-state index is 0.612. The number of pyridine rings is 1. The summed E-state index contributed by atoms with van der Waals surface area (Å²) in [4.78, 5) is 6.07. The van der Waals surface area contributed by atoms with Crippen LogP contribution in [0.5, 0.6) is 5.75 Å². The zero-order valence-electron chi connectivity index (χ0n) is 9.18. The van der Waals surface area contributed by atoms with Crippen LogP contribution in [0.3, 0.4) is 0 Å². The summed E-state index contributed by atoms with van der Waals surface area (Å²) in [6.45, 7) is 2.02. The van der Waals surface area contributed by atoms with Crippen LogP contribution in [0.1, 0.15) is 21.4 Å². The van der Waals surface area contributed by atoms with E-state index in [1.165, 1.54) is 4.88 Å². The Hall–Kier alpha value is -1.39. The van der Waals surface area contributed by atoms with E-state index >= 15 is 0 Å². The van der Waals surface area contributed by atoms with Gasteiger partial charge < -0.3 is 9.84 Å². The average Bonchev–Trinajstić information content (AvgIpc) is 2.75. The van der Waals surface area contributed by atoms with Gasteiger partial charge in [-0.25, -0.2) is 0 Å². The van der Waals surface area contributed by atoms with Gasteiger partial charge in [-0.15, -0.1) is 11.3 Å². The zero-order chi connectivity index (χ0) is 11.5. The molecule has 1 atom stereocenters. The van der Waals surface area contributed by atoms with Gasteiger partial charge in [0.05, 0.1) is 13.3 Å². The Kier molecular flexibility index (Phi) is 3.22. The van der Waals surface area contributed by atoms with Gasteiger partial charge in [0.25, 0.3) is 0 Å². The van der Waals surface area contributed by atoms with Crippen molar-refractivity contribution in [1.29, 1.82) is 0 Å². The van der Waals surface area contributed by atoms with Crippen molar-refractivity contribution in [2.75, 3.05) is 7.11 Å². The smallest absolute Gasteiger partial charge is 0.143 e. The molecule has 0 aliphatic rings. The third-order valence-electron chi connectivity index (χ3n) is 2.36. The third-order valence-corrected chi connectivity index (χ3v) is 3.41. The average molecular weight is 235 g/mol. The first-order valence-electron chi connectivity index (χ1n) is 4.94. The van der Waals surface area contributed by atoms with Crippen molar-refractivity contribution in [2.45, 2.75) is 13.0 Å². The number of rotatable bonds is 3. The Bertz CT molecular complexity index is 481. The molecule has 0 aliphatic heterocycles. The molecule has 3 nitrogen and oxygen atoms in total. The quantitative estimate of drug-likeness (QED) is 0.889. The molecule has 0 fully saturated rings. The number of aliphatic hydroxyl groups excluding tert-OH is 1. The minimum Gasteiger partial charge on any atom is -0.495 e. The second-order valence-electron chi connectivity index (χ2n) is 3.47. The molecule has 84 valence electrons. The molecule has 2 rings (SSSR count). The van der Waals surface area contributed by atoms with E-state index in [1.807, 2.05) is 19.1 Å². The maximum Gasteiger partial charge on any atom is 0.143 e. The van der Waals surface area contributed by atoms with Crippen LogP contribution in [0, 0.1) is 6.92 Å². The van der Waals surface area contributed by atoms with Crippen LogP contribution in [-0.4, -0.2) is 17.2 Å². The third kappa shape index (κ3) is 2.08. The van der Waals surface area contributed by atoms with E-state index in [1.54, 1.807) is 36.9 Å². The molecule has 4 heteroatoms. The molecule has 0 aromatic carbocycles. The Morgan fingerprint density at radius 1 is 1.38 bits per heavy atom. The van der Waals surface area contributed by atoms with Gasteiger partial charge in [-0.2, -0.15) is 0 Å². The summed E-state index contributed by atoms with van der Waals surface area (Å²) in [5.74, 6) is 0.612. The standard InChI is InChI=1S/C12H13NO2S/c1-8-3-4-11(16-8)12(14)9-5-6-13-7-10(9)15-2/h3-7,12,14H,1-2H3. The molecule has 0 amide bonds. The number of aryl methyl sites for hydroxylation is 1. The number of nitrogens with zero attached hydrogens (tertiary/aromatic N) is 1. The second-order valence-corrected chi connectivity index (χ2v) is 4.79. The molecular formula is C12H13NO2S. The van der Waals surface area contributed by atoms with Crippen molar-refractivity contribution >= 4 is 11.3 Å². The van der Waals surface area contributed by atoms with E-state index in [9.17, 15) is 5.11 Å². The molecule has 0 bridgehead atoms. The highest BCUT2D eigenvalue weighted by Gasteiger charge is 2.16. The zero-order valence-corrected chi connectivity index (χ0v) is 9.99. The van der Waals surface area contributed by atoms with Gasteiger partial charge in [-0.3, -0.25) is 4.98 Å². The molecule has 2 aromatic heterocycles. The largest absolute Gasteiger partial charge is 0.495 e. The number of hydrogen-bond donors (Lipinski definition) is 1. The molecule has 0 aliphatic carbocycles. The molecule has 0 radical (unpaired) electrons. The Labute approximate surface area is 98.4 Å². The summed E-state index contributed by atoms with van der Waals surface area (Å²) in [5.41, 5.74) is 0.749. The van der Waals surface area contributed by atoms with Crippen molar-refractivity contribution < 1.29 is 9.84 Å². The van der Waals surface area contributed by atoms with Gasteiger partial charge in [0.15, 0.2) is 0 Å². The lowest BCUT2D eigenvalue weighted by Crippen LogP contribution is -2.00. The van der Waals surface area contributed by atoms with E-state index < -0.39 is 6.10 Å². The van der Waals surface area contributed by atoms with E-state index in [-0.39, 0.29) is 0 Å². The summed E-state index contributed by atoms with van der Waals surface area (Å²) in [7, 11) is 1.58. The lowest BCUT2D eigenvalue weighted by molar-refractivity contribution is 0.218. The lowest BCUT2D eigenvalue weighted by Gasteiger charge is -2.12. The number of hydrogen-bond acceptors (Lipinski definition) is 4. The Balaban J connectivity index is 2.36. The molecule has 0 saturated heterocycles. The van der Waals surface area contributed by atoms with Gasteiger partial charge in [-0.1, -0.05) is 0 Å². The summed E-state index contributed by atoms with van der Waals surface area (Å²) in [6.07, 6.45) is 2.62. The van der Waals surface area contributed by atoms with E-state index in [2.05, 4.69) is 4.98 Å². The van der Waals surface area contributed by atoms with Gasteiger partial charge in [0.2, 0.25) is 0 Å². The van der Waals surface area contributed by atoms with Crippen LogP contribution in [-0.2, 0) is 0 Å². The van der Waals surface area contributed by atoms with Gasteiger partial charge in [0.1, 0.15) is 11.9 Å². The highest BCUT2D eigenvalue weighted by atomic mass is 32.1. The predicted molar refractivity (Wildman–Crippen MR) is 63.9 cm³/mol. The topological polar surface area (TPSA) is 42.4 Å². The molecule has 0 spiro atoms. The Morgan fingerprint density at radius 3 is 2.81 bits per heavy atom. The molecule has 0 saturated carbocycles. The second kappa shape index (κ2) is 4.63. The fourth-order valence-corrected chi connectivity index (χ4v) is 2.42. The van der Waals surface area contributed by atoms with Crippen LogP contribution < -0.4 is 4.74 Å². The van der Waals surface area contributed by atoms with Gasteiger partial charge >= 0.3 is 0 Å². The van der Waals surface area contributed by atoms with E-state index in [4.69, 9.17) is 4.74 Å². The van der Waals surface area contributed by atoms with Gasteiger partial charge in [-0.05, 0) is 25.1 Å². The number of ether oxygens (including phenoxy) is 1. The monoisotopic (exact) mass is 235 g/mol. The van der Waals surface area contributed by atoms with Crippen LogP contribution in [0.25, 0.3) is 0 Å². The molecule has 16 heavy (non-hydrogen) atoms. The van der Waals surface area contributed by atoms with Crippen LogP contribution in [0.2, 0.25) is 0 Å². The predicted octanol–water partition coefficient (Wildman–Crippen LogP) is 2.54. The normalized spacial score (nSPS) is 12.4. The molecular weight excluding hydrogens is 222 g/mol. The Morgan fingerprint density at radius 2 is 2.19 bits per heavy atom. The first-order chi connectivity index (χ1) is 7.72. The van der Waals surface area contributed by atoms with Crippen molar-refractivity contribution in [3.8, 4) is 5.75 Å². The minimum atomic E-state index is -0.642. The van der Waals surface area contributed by atoms with Crippen molar-refractivity contribution in [1.82, 2.24) is 4.98 Å². The van der Waals surface area contributed by atoms with Crippen molar-refractivity contribution in [3.63, 3.8) is 0 Å². The maximum atomic E-state index is 10.2. The maximum absolute atomic E-state index is 10.2. The summed E-state index contributed by atoms with van der Waals surface area (Å²) in [6, 6.07) is 5.71. The highest BCUT2D eigenvalue weighted by molar-refractivity contribution is 7.12. The number of thiophene rings is 1. The van der Waals surface area contributed by atoms with Gasteiger partial charge in [0, 0.05) is 21.5 Å². The fraction of sp³-hybridized carbons (Fsp3) is 0.250. The first-order valence-corrected chi connectivity index (χ1v) is 5.76. The lowest BCUT2D eigenvalue weighted by atomic mass is 10.1. The van der Waals surface area contributed by atoms with Crippen LogP contribution >= 0.6 is 11.3 Å². The van der Waals surface area contributed by atoms with E-state index in [0.717, 1.165) is 10.4 Å². The molecule has 2 heterocycles. The highest BCUT2D eigenvalue weighted by Crippen LogP contribution is 2.32. The van der Waals surface area contributed by atoms with Crippen molar-refractivity contribution in [2.24, 2.45) is 0 Å². The number of aromatic nitrogens is 1. The van der Waals surface area contributed by atoms with Crippen LogP contribution in [0.4, 0.5) is 0 Å². The summed E-state index contributed by atoms with van der Waals surface area (Å²) in [5, 5.41) is 10.2. The first kappa shape index (κ1) is 11.1. The SMILES string of the molecule is COc1cnccc1C(O)c1ccc(C)s1. The summed E-state index contributed by atoms with van der Waals surface area (Å²) < 4.78 is 5.18. The molecule has 1 unspecified atom stereocenters. The molecule has 1 N–H and O–H groups in total. The molecule has 2 aromatic rings. The number of methoxy groups -OCH3 is 1. The van der Waals surface area contributed by atoms with Crippen LogP contribution in [0.15, 0.2) is 30.6 Å². The van der Waals surface area contributed by atoms with Crippen molar-refractivity contribution in [3.05, 3.63) is 45.9 Å². The van der Waals surface area contributed by atoms with E-state index in [0.29, 0.717) is 5.75 Å². The summed E-state index contributed by atoms with van der Waals surface area (Å²) >= 11 is 1.58.